The smallest absolute Gasteiger partial charge is 0.337 e. The molecule has 2 aromatic carbocycles. The van der Waals surface area contributed by atoms with Gasteiger partial charge in [-0.1, -0.05) is 12.1 Å². The van der Waals surface area contributed by atoms with Gasteiger partial charge in [0.05, 0.1) is 29.9 Å². The van der Waals surface area contributed by atoms with Crippen LogP contribution in [0.3, 0.4) is 0 Å². The van der Waals surface area contributed by atoms with Crippen LogP contribution in [-0.2, 0) is 22.5 Å². The van der Waals surface area contributed by atoms with Crippen LogP contribution in [0.5, 0.6) is 0 Å². The number of hydrogen-bond acceptors (Lipinski definition) is 5. The van der Waals surface area contributed by atoms with Gasteiger partial charge >= 0.3 is 5.97 Å². The molecule has 142 valence electrons. The van der Waals surface area contributed by atoms with Gasteiger partial charge in [0.1, 0.15) is 0 Å². The second kappa shape index (κ2) is 7.26. The second-order valence-electron chi connectivity index (χ2n) is 6.64. The topological polar surface area (TPSA) is 81.5 Å². The number of carbonyl (C=O) groups excluding carboxylic acids is 2. The minimum absolute atomic E-state index is 0.0652. The number of benzene rings is 2. The number of aryl methyl sites for hydroxylation is 1. The Morgan fingerprint density at radius 2 is 2.00 bits per heavy atom. The monoisotopic (exact) mass is 377 g/mol. The molecule has 7 nitrogen and oxygen atoms in total. The molecular formula is C21H19N3O4. The van der Waals surface area contributed by atoms with E-state index in [0.29, 0.717) is 29.4 Å². The van der Waals surface area contributed by atoms with Crippen LogP contribution in [0, 0.1) is 0 Å². The minimum Gasteiger partial charge on any atom is -0.465 e. The molecule has 0 radical (unpaired) electrons. The fourth-order valence-corrected chi connectivity index (χ4v) is 3.52. The molecule has 7 heteroatoms. The Balaban J connectivity index is 1.50. The predicted octanol–water partition coefficient (Wildman–Crippen LogP) is 2.16. The first kappa shape index (κ1) is 17.9. The van der Waals surface area contributed by atoms with Crippen molar-refractivity contribution in [2.45, 2.75) is 19.4 Å². The summed E-state index contributed by atoms with van der Waals surface area (Å²) in [5.74, 6) is -0.458. The fraction of sp³-hybridized carbons (Fsp3) is 0.238. The van der Waals surface area contributed by atoms with E-state index >= 15 is 0 Å². The number of ether oxygens (including phenoxy) is 1. The summed E-state index contributed by atoms with van der Waals surface area (Å²) in [7, 11) is 1.34. The Bertz CT molecular complexity index is 1140. The molecule has 1 aliphatic heterocycles. The first-order chi connectivity index (χ1) is 13.6. The Morgan fingerprint density at radius 3 is 2.82 bits per heavy atom. The van der Waals surface area contributed by atoms with Crippen LogP contribution in [0.1, 0.15) is 22.3 Å². The number of nitrogens with zero attached hydrogens (tertiary/aromatic N) is 3. The number of para-hydroxylation sites is 1. The first-order valence-electron chi connectivity index (χ1n) is 9.04. The molecule has 28 heavy (non-hydrogen) atoms. The van der Waals surface area contributed by atoms with E-state index in [2.05, 4.69) is 4.98 Å². The summed E-state index contributed by atoms with van der Waals surface area (Å²) in [4.78, 5) is 42.9. The fourth-order valence-electron chi connectivity index (χ4n) is 3.52. The molecule has 0 bridgehead atoms. The van der Waals surface area contributed by atoms with Gasteiger partial charge in [0.25, 0.3) is 5.56 Å². The van der Waals surface area contributed by atoms with Crippen LogP contribution in [0.4, 0.5) is 5.69 Å². The lowest BCUT2D eigenvalue weighted by atomic mass is 10.1. The Morgan fingerprint density at radius 1 is 1.18 bits per heavy atom. The molecule has 0 fully saturated rings. The van der Waals surface area contributed by atoms with E-state index in [9.17, 15) is 14.4 Å². The molecule has 1 aromatic heterocycles. The molecule has 0 aliphatic carbocycles. The number of carbonyl (C=O) groups is 2. The van der Waals surface area contributed by atoms with Crippen molar-refractivity contribution in [1.29, 1.82) is 0 Å². The number of anilines is 1. The standard InChI is InChI=1S/C21H19N3O4/c1-28-21(27)15-6-7-18-14(12-15)8-11-24(18)19(25)9-10-23-13-22-17-5-3-2-4-16(17)20(23)26/h2-7,12-13H,8-11H2,1H3. The van der Waals surface area contributed by atoms with Gasteiger partial charge in [-0.3, -0.25) is 14.2 Å². The van der Waals surface area contributed by atoms with Crippen molar-refractivity contribution in [3.63, 3.8) is 0 Å². The molecular weight excluding hydrogens is 358 g/mol. The highest BCUT2D eigenvalue weighted by atomic mass is 16.5. The lowest BCUT2D eigenvalue weighted by molar-refractivity contribution is -0.118. The maximum absolute atomic E-state index is 12.7. The zero-order valence-corrected chi connectivity index (χ0v) is 15.4. The van der Waals surface area contributed by atoms with E-state index < -0.39 is 5.97 Å². The van der Waals surface area contributed by atoms with E-state index in [1.54, 1.807) is 41.3 Å². The third-order valence-electron chi connectivity index (χ3n) is 5.00. The highest BCUT2D eigenvalue weighted by Gasteiger charge is 2.25. The minimum atomic E-state index is -0.393. The van der Waals surface area contributed by atoms with Crippen molar-refractivity contribution >= 4 is 28.5 Å². The largest absolute Gasteiger partial charge is 0.465 e. The molecule has 2 heterocycles. The quantitative estimate of drug-likeness (QED) is 0.651. The lowest BCUT2D eigenvalue weighted by Crippen LogP contribution is -2.31. The third-order valence-corrected chi connectivity index (χ3v) is 5.00. The summed E-state index contributed by atoms with van der Waals surface area (Å²) in [6.07, 6.45) is 2.36. The third kappa shape index (κ3) is 3.15. The van der Waals surface area contributed by atoms with Crippen LogP contribution in [-0.4, -0.2) is 35.1 Å². The molecule has 0 saturated heterocycles. The summed E-state index contributed by atoms with van der Waals surface area (Å²) in [6, 6.07) is 12.4. The van der Waals surface area contributed by atoms with Crippen LogP contribution in [0.2, 0.25) is 0 Å². The molecule has 3 aromatic rings. The van der Waals surface area contributed by atoms with Gasteiger partial charge in [0.2, 0.25) is 5.91 Å². The number of hydrogen-bond donors (Lipinski definition) is 0. The Hall–Kier alpha value is -3.48. The summed E-state index contributed by atoms with van der Waals surface area (Å²) < 4.78 is 6.21. The van der Waals surface area contributed by atoms with Crippen LogP contribution in [0.15, 0.2) is 53.6 Å². The molecule has 0 unspecified atom stereocenters. The summed E-state index contributed by atoms with van der Waals surface area (Å²) in [5, 5.41) is 0.541. The van der Waals surface area contributed by atoms with Crippen molar-refractivity contribution in [1.82, 2.24) is 9.55 Å². The second-order valence-corrected chi connectivity index (χ2v) is 6.64. The van der Waals surface area contributed by atoms with Crippen molar-refractivity contribution < 1.29 is 14.3 Å². The summed E-state index contributed by atoms with van der Waals surface area (Å²) in [6.45, 7) is 0.825. The summed E-state index contributed by atoms with van der Waals surface area (Å²) >= 11 is 0. The van der Waals surface area contributed by atoms with Gasteiger partial charge in [0, 0.05) is 25.2 Å². The SMILES string of the molecule is COC(=O)c1ccc2c(c1)CCN2C(=O)CCn1cnc2ccccc2c1=O. The summed E-state index contributed by atoms with van der Waals surface area (Å²) in [5.41, 5.74) is 2.72. The molecule has 0 N–H and O–H groups in total. The van der Waals surface area contributed by atoms with Gasteiger partial charge in [-0.2, -0.15) is 0 Å². The van der Waals surface area contributed by atoms with Gasteiger partial charge in [-0.25, -0.2) is 9.78 Å². The van der Waals surface area contributed by atoms with Gasteiger partial charge in [-0.15, -0.1) is 0 Å². The van der Waals surface area contributed by atoms with E-state index in [1.807, 2.05) is 6.07 Å². The molecule has 0 spiro atoms. The molecule has 1 aliphatic rings. The Labute approximate surface area is 161 Å². The number of rotatable bonds is 4. The number of aromatic nitrogens is 2. The molecule has 0 saturated carbocycles. The number of fused-ring (bicyclic) bond motifs is 2. The highest BCUT2D eigenvalue weighted by Crippen LogP contribution is 2.29. The normalized spacial score (nSPS) is 12.8. The van der Waals surface area contributed by atoms with E-state index in [4.69, 9.17) is 4.74 Å². The number of esters is 1. The van der Waals surface area contributed by atoms with Gasteiger partial charge < -0.3 is 9.64 Å². The Kier molecular flexibility index (Phi) is 4.65. The first-order valence-corrected chi connectivity index (χ1v) is 9.04. The van der Waals surface area contributed by atoms with Crippen molar-refractivity contribution in [3.8, 4) is 0 Å². The van der Waals surface area contributed by atoms with E-state index in [0.717, 1.165) is 11.3 Å². The molecule has 1 amide bonds. The lowest BCUT2D eigenvalue weighted by Gasteiger charge is -2.18. The van der Waals surface area contributed by atoms with Gasteiger partial charge in [-0.05, 0) is 42.3 Å². The molecule has 4 rings (SSSR count). The zero-order chi connectivity index (χ0) is 19.7. The van der Waals surface area contributed by atoms with Crippen LogP contribution in [0.25, 0.3) is 10.9 Å². The highest BCUT2D eigenvalue weighted by molar-refractivity contribution is 5.97. The maximum atomic E-state index is 12.7. The average molecular weight is 377 g/mol. The van der Waals surface area contributed by atoms with Crippen molar-refractivity contribution in [2.24, 2.45) is 0 Å². The van der Waals surface area contributed by atoms with E-state index in [1.165, 1.54) is 18.0 Å². The number of methoxy groups -OCH3 is 1. The molecule has 0 atom stereocenters. The zero-order valence-electron chi connectivity index (χ0n) is 15.4. The van der Waals surface area contributed by atoms with Crippen molar-refractivity contribution in [2.75, 3.05) is 18.6 Å². The van der Waals surface area contributed by atoms with Crippen LogP contribution >= 0.6 is 0 Å². The van der Waals surface area contributed by atoms with Crippen LogP contribution < -0.4 is 10.5 Å². The average Bonchev–Trinajstić information content (AvgIpc) is 3.16. The van der Waals surface area contributed by atoms with Gasteiger partial charge in [0.15, 0.2) is 0 Å². The number of amides is 1. The van der Waals surface area contributed by atoms with E-state index in [-0.39, 0.29) is 24.4 Å². The predicted molar refractivity (Wildman–Crippen MR) is 104 cm³/mol. The van der Waals surface area contributed by atoms with Crippen molar-refractivity contribution in [3.05, 3.63) is 70.3 Å². The maximum Gasteiger partial charge on any atom is 0.337 e.